The van der Waals surface area contributed by atoms with Crippen LogP contribution in [0, 0.1) is 13.8 Å². The first-order valence-corrected chi connectivity index (χ1v) is 8.55. The van der Waals surface area contributed by atoms with Crippen LogP contribution in [0.2, 0.25) is 0 Å². The highest BCUT2D eigenvalue weighted by Crippen LogP contribution is 2.44. The third kappa shape index (κ3) is 3.53. The number of hydrogen-bond acceptors (Lipinski definition) is 6. The van der Waals surface area contributed by atoms with E-state index in [4.69, 9.17) is 4.42 Å². The van der Waals surface area contributed by atoms with E-state index in [-0.39, 0.29) is 28.4 Å². The van der Waals surface area contributed by atoms with E-state index in [9.17, 15) is 22.4 Å². The second-order valence-electron chi connectivity index (χ2n) is 6.48. The molecule has 0 unspecified atom stereocenters. The van der Waals surface area contributed by atoms with E-state index < -0.39 is 24.4 Å². The summed E-state index contributed by atoms with van der Waals surface area (Å²) in [7, 11) is 0. The number of carbonyl (C=O) groups is 1. The van der Waals surface area contributed by atoms with Crippen LogP contribution < -0.4 is 14.8 Å². The van der Waals surface area contributed by atoms with E-state index in [0.29, 0.717) is 16.8 Å². The van der Waals surface area contributed by atoms with Crippen molar-refractivity contribution in [3.05, 3.63) is 53.2 Å². The number of rotatable bonds is 4. The summed E-state index contributed by atoms with van der Waals surface area (Å²) in [5.41, 5.74) is 1.34. The highest BCUT2D eigenvalue weighted by atomic mass is 19.3. The van der Waals surface area contributed by atoms with E-state index in [2.05, 4.69) is 24.8 Å². The van der Waals surface area contributed by atoms with E-state index in [1.54, 1.807) is 6.92 Å². The zero-order valence-corrected chi connectivity index (χ0v) is 15.5. The van der Waals surface area contributed by atoms with Crippen molar-refractivity contribution in [2.45, 2.75) is 26.6 Å². The highest BCUT2D eigenvalue weighted by Gasteiger charge is 2.43. The summed E-state index contributed by atoms with van der Waals surface area (Å²) in [4.78, 5) is 20.5. The highest BCUT2D eigenvalue weighted by molar-refractivity contribution is 6.05. The fourth-order valence-corrected chi connectivity index (χ4v) is 3.00. The summed E-state index contributed by atoms with van der Waals surface area (Å²) < 4.78 is 66.0. The first kappa shape index (κ1) is 19.7. The zero-order chi connectivity index (χ0) is 21.6. The first-order valence-electron chi connectivity index (χ1n) is 8.55. The quantitative estimate of drug-likeness (QED) is 0.603. The molecule has 0 atom stereocenters. The Labute approximate surface area is 166 Å². The normalized spacial score (nSPS) is 14.2. The molecular weight excluding hydrogens is 410 g/mol. The molecule has 4 rings (SSSR count). The van der Waals surface area contributed by atoms with Gasteiger partial charge in [0, 0.05) is 11.1 Å². The van der Waals surface area contributed by atoms with Crippen LogP contribution >= 0.6 is 0 Å². The molecule has 0 bridgehead atoms. The van der Waals surface area contributed by atoms with E-state index in [1.807, 2.05) is 0 Å². The molecule has 1 amide bonds. The van der Waals surface area contributed by atoms with Crippen molar-refractivity contribution in [1.29, 1.82) is 0 Å². The average molecular weight is 423 g/mol. The fourth-order valence-electron chi connectivity index (χ4n) is 3.00. The van der Waals surface area contributed by atoms with Crippen LogP contribution in [-0.4, -0.2) is 22.2 Å². The van der Waals surface area contributed by atoms with Gasteiger partial charge in [0.1, 0.15) is 0 Å². The van der Waals surface area contributed by atoms with Crippen molar-refractivity contribution in [2.24, 2.45) is 0 Å². The number of furan rings is 1. The van der Waals surface area contributed by atoms with Gasteiger partial charge in [0.15, 0.2) is 23.1 Å². The van der Waals surface area contributed by atoms with Gasteiger partial charge in [-0.1, -0.05) is 0 Å². The molecule has 2 aromatic heterocycles. The number of ether oxygens (including phenoxy) is 2. The monoisotopic (exact) mass is 423 g/mol. The number of hydrogen-bond donors (Lipinski definition) is 1. The number of halogens is 4. The number of anilines is 1. The Bertz CT molecular complexity index is 1130. The zero-order valence-electron chi connectivity index (χ0n) is 15.5. The summed E-state index contributed by atoms with van der Waals surface area (Å²) in [6.45, 7) is 3.13. The van der Waals surface area contributed by atoms with Crippen LogP contribution in [0.25, 0.3) is 11.3 Å². The van der Waals surface area contributed by atoms with Crippen LogP contribution in [0.4, 0.5) is 23.4 Å². The number of fused-ring (bicyclic) bond motifs is 1. The third-order valence-electron chi connectivity index (χ3n) is 4.35. The lowest BCUT2D eigenvalue weighted by Gasteiger charge is -2.08. The number of nitrogens with one attached hydrogen (secondary N) is 1. The number of amides is 1. The Kier molecular flexibility index (Phi) is 4.60. The maximum Gasteiger partial charge on any atom is 0.586 e. The molecule has 3 heterocycles. The first-order chi connectivity index (χ1) is 14.1. The van der Waals surface area contributed by atoms with Crippen LogP contribution in [0.3, 0.4) is 0 Å². The predicted molar refractivity (Wildman–Crippen MR) is 94.8 cm³/mol. The van der Waals surface area contributed by atoms with Crippen LogP contribution in [0.1, 0.15) is 33.7 Å². The van der Waals surface area contributed by atoms with Crippen molar-refractivity contribution in [3.8, 4) is 22.8 Å². The molecule has 0 saturated heterocycles. The van der Waals surface area contributed by atoms with Crippen molar-refractivity contribution in [1.82, 2.24) is 9.97 Å². The smallest absolute Gasteiger partial charge is 0.462 e. The topological polar surface area (TPSA) is 86.5 Å². The predicted octanol–water partition coefficient (Wildman–Crippen LogP) is 4.86. The van der Waals surface area contributed by atoms with E-state index in [0.717, 1.165) is 6.26 Å². The molecule has 1 aliphatic heterocycles. The summed E-state index contributed by atoms with van der Waals surface area (Å²) >= 11 is 0. The Balaban J connectivity index is 1.56. The largest absolute Gasteiger partial charge is 0.586 e. The Morgan fingerprint density at radius 1 is 1.07 bits per heavy atom. The van der Waals surface area contributed by atoms with Crippen molar-refractivity contribution < 1.29 is 36.2 Å². The van der Waals surface area contributed by atoms with Crippen molar-refractivity contribution in [2.75, 3.05) is 5.32 Å². The lowest BCUT2D eigenvalue weighted by Crippen LogP contribution is -2.25. The fraction of sp³-hybridized carbons (Fsp3) is 0.211. The van der Waals surface area contributed by atoms with Gasteiger partial charge >= 0.3 is 6.29 Å². The van der Waals surface area contributed by atoms with Gasteiger partial charge in [-0.15, -0.1) is 8.78 Å². The van der Waals surface area contributed by atoms with Crippen LogP contribution in [-0.2, 0) is 0 Å². The Morgan fingerprint density at radius 3 is 2.40 bits per heavy atom. The molecule has 0 fully saturated rings. The minimum Gasteiger partial charge on any atom is -0.462 e. The second-order valence-corrected chi connectivity index (χ2v) is 6.48. The number of benzene rings is 1. The number of aromatic nitrogens is 2. The summed E-state index contributed by atoms with van der Waals surface area (Å²) in [6.07, 6.45) is -3.11. The average Bonchev–Trinajstić information content (AvgIpc) is 3.19. The second kappa shape index (κ2) is 7.01. The van der Waals surface area contributed by atoms with Gasteiger partial charge in [0.25, 0.3) is 12.3 Å². The summed E-state index contributed by atoms with van der Waals surface area (Å²) in [5, 5.41) is 2.38. The molecule has 30 heavy (non-hydrogen) atoms. The van der Waals surface area contributed by atoms with E-state index >= 15 is 0 Å². The van der Waals surface area contributed by atoms with Gasteiger partial charge < -0.3 is 19.2 Å². The molecule has 7 nitrogen and oxygen atoms in total. The minimum atomic E-state index is -3.74. The molecule has 156 valence electrons. The van der Waals surface area contributed by atoms with Gasteiger partial charge in [-0.3, -0.25) is 9.78 Å². The van der Waals surface area contributed by atoms with Crippen molar-refractivity contribution >= 4 is 11.7 Å². The lowest BCUT2D eigenvalue weighted by atomic mass is 10.1. The van der Waals surface area contributed by atoms with Crippen LogP contribution in [0.5, 0.6) is 11.5 Å². The molecule has 3 aromatic rings. The molecule has 0 radical (unpaired) electrons. The molecule has 1 aromatic carbocycles. The number of alkyl halides is 4. The minimum absolute atomic E-state index is 0.00879. The lowest BCUT2D eigenvalue weighted by molar-refractivity contribution is -0.286. The molecule has 11 heteroatoms. The Morgan fingerprint density at radius 2 is 1.77 bits per heavy atom. The van der Waals surface area contributed by atoms with Gasteiger partial charge in [-0.05, 0) is 31.5 Å². The molecular formula is C19H13F4N3O4. The molecule has 1 N–H and O–H groups in total. The molecule has 0 saturated carbocycles. The Hall–Kier alpha value is -3.63. The molecule has 0 spiro atoms. The van der Waals surface area contributed by atoms with Gasteiger partial charge in [-0.25, -0.2) is 13.8 Å². The van der Waals surface area contributed by atoms with Gasteiger partial charge in [0.2, 0.25) is 0 Å². The standard InChI is InChI=1S/C19H13F4N3O4/c1-8-3-12-13(30-19(22,23)29-12)4-10(8)11-5-25-14(6-24-11)26-18(27)15-9(2)7-28-16(15)17(20)21/h3-7,17H,1-2H3,(H,25,26,27). The number of aryl methyl sites for hydroxylation is 2. The van der Waals surface area contributed by atoms with Crippen molar-refractivity contribution in [3.63, 3.8) is 0 Å². The van der Waals surface area contributed by atoms with E-state index in [1.165, 1.54) is 31.5 Å². The van der Waals surface area contributed by atoms with Gasteiger partial charge in [0.05, 0.1) is 29.9 Å². The molecule has 0 aliphatic carbocycles. The molecule has 1 aliphatic rings. The summed E-state index contributed by atoms with van der Waals surface area (Å²) in [5.74, 6) is -1.78. The van der Waals surface area contributed by atoms with Crippen LogP contribution in [0.15, 0.2) is 35.2 Å². The number of carbonyl (C=O) groups excluding carboxylic acids is 1. The third-order valence-corrected chi connectivity index (χ3v) is 4.35. The number of nitrogens with zero attached hydrogens (tertiary/aromatic N) is 2. The maximum absolute atomic E-state index is 13.2. The maximum atomic E-state index is 13.2. The van der Waals surface area contributed by atoms with Gasteiger partial charge in [-0.2, -0.15) is 0 Å². The SMILES string of the molecule is Cc1cc2c(cc1-c1cnc(NC(=O)c3c(C)coc3C(F)F)cn1)OC(F)(F)O2. The summed E-state index contributed by atoms with van der Waals surface area (Å²) in [6, 6.07) is 2.73.